The van der Waals surface area contributed by atoms with Crippen LogP contribution in [-0.2, 0) is 20.9 Å². The van der Waals surface area contributed by atoms with Gasteiger partial charge in [-0.3, -0.25) is 24.5 Å². The topological polar surface area (TPSA) is 128 Å². The number of hydrogen-bond acceptors (Lipinski definition) is 6. The molecule has 0 radical (unpaired) electrons. The molecule has 0 aliphatic rings. The number of nitro groups is 1. The summed E-state index contributed by atoms with van der Waals surface area (Å²) in [5.41, 5.74) is 0.943. The van der Waals surface area contributed by atoms with Crippen LogP contribution in [0.5, 0.6) is 0 Å². The zero-order valence-corrected chi connectivity index (χ0v) is 14.2. The summed E-state index contributed by atoms with van der Waals surface area (Å²) in [5, 5.41) is 15.3. The van der Waals surface area contributed by atoms with Crippen LogP contribution in [0.15, 0.2) is 54.6 Å². The second kappa shape index (κ2) is 9.66. The molecule has 0 aliphatic heterocycles. The predicted molar refractivity (Wildman–Crippen MR) is 94.7 cm³/mol. The molecule has 2 aromatic rings. The lowest BCUT2D eigenvalue weighted by atomic mass is 10.2. The molecule has 0 saturated carbocycles. The van der Waals surface area contributed by atoms with Gasteiger partial charge in [-0.1, -0.05) is 18.2 Å². The number of ether oxygens (including phenoxy) is 1. The van der Waals surface area contributed by atoms with E-state index in [1.54, 1.807) is 30.3 Å². The molecule has 0 saturated heterocycles. The highest BCUT2D eigenvalue weighted by molar-refractivity contribution is 5.96. The molecule has 0 spiro atoms. The van der Waals surface area contributed by atoms with Crippen molar-refractivity contribution in [2.24, 2.45) is 0 Å². The Morgan fingerprint density at radius 3 is 2.22 bits per heavy atom. The van der Waals surface area contributed by atoms with Crippen LogP contribution >= 0.6 is 0 Å². The molecule has 2 amide bonds. The van der Waals surface area contributed by atoms with E-state index in [0.29, 0.717) is 11.1 Å². The van der Waals surface area contributed by atoms with Gasteiger partial charge in [-0.25, -0.2) is 0 Å². The van der Waals surface area contributed by atoms with E-state index in [-0.39, 0.29) is 25.4 Å². The van der Waals surface area contributed by atoms with E-state index in [2.05, 4.69) is 10.6 Å². The van der Waals surface area contributed by atoms with Gasteiger partial charge in [0.25, 0.3) is 11.6 Å². The van der Waals surface area contributed by atoms with E-state index in [1.807, 2.05) is 0 Å². The lowest BCUT2D eigenvalue weighted by Crippen LogP contribution is -2.39. The first-order valence-corrected chi connectivity index (χ1v) is 7.94. The Labute approximate surface area is 154 Å². The number of esters is 1. The maximum Gasteiger partial charge on any atom is 0.325 e. The molecule has 9 heteroatoms. The summed E-state index contributed by atoms with van der Waals surface area (Å²) in [4.78, 5) is 45.1. The molecule has 0 aliphatic carbocycles. The van der Waals surface area contributed by atoms with Gasteiger partial charge in [0.05, 0.1) is 11.5 Å². The quantitative estimate of drug-likeness (QED) is 0.407. The Morgan fingerprint density at radius 1 is 0.926 bits per heavy atom. The van der Waals surface area contributed by atoms with Gasteiger partial charge < -0.3 is 15.4 Å². The van der Waals surface area contributed by atoms with Crippen molar-refractivity contribution in [1.82, 2.24) is 10.6 Å². The monoisotopic (exact) mass is 371 g/mol. The zero-order chi connectivity index (χ0) is 19.6. The normalized spacial score (nSPS) is 9.93. The van der Waals surface area contributed by atoms with Crippen molar-refractivity contribution in [3.63, 3.8) is 0 Å². The number of rotatable bonds is 8. The van der Waals surface area contributed by atoms with Crippen molar-refractivity contribution in [2.75, 3.05) is 13.1 Å². The van der Waals surface area contributed by atoms with E-state index < -0.39 is 22.7 Å². The summed E-state index contributed by atoms with van der Waals surface area (Å²) in [6, 6.07) is 14.0. The number of nitrogens with zero attached hydrogens (tertiary/aromatic N) is 1. The Morgan fingerprint density at radius 2 is 1.59 bits per heavy atom. The number of nitrogens with one attached hydrogen (secondary N) is 2. The second-order valence-electron chi connectivity index (χ2n) is 5.41. The largest absolute Gasteiger partial charge is 0.460 e. The fourth-order valence-corrected chi connectivity index (χ4v) is 2.01. The Hall–Kier alpha value is -3.75. The summed E-state index contributed by atoms with van der Waals surface area (Å²) >= 11 is 0. The number of non-ortho nitro benzene ring substituents is 1. The van der Waals surface area contributed by atoms with Crippen molar-refractivity contribution >= 4 is 23.5 Å². The fourth-order valence-electron chi connectivity index (χ4n) is 2.01. The summed E-state index contributed by atoms with van der Waals surface area (Å²) < 4.78 is 4.96. The summed E-state index contributed by atoms with van der Waals surface area (Å²) in [5.74, 6) is -1.60. The highest BCUT2D eigenvalue weighted by atomic mass is 16.6. The van der Waals surface area contributed by atoms with Crippen molar-refractivity contribution in [2.45, 2.75) is 6.61 Å². The average Bonchev–Trinajstić information content (AvgIpc) is 2.69. The van der Waals surface area contributed by atoms with Crippen LogP contribution < -0.4 is 10.6 Å². The van der Waals surface area contributed by atoms with E-state index in [0.717, 1.165) is 0 Å². The third kappa shape index (κ3) is 6.58. The molecule has 27 heavy (non-hydrogen) atoms. The molecule has 0 unspecified atom stereocenters. The first kappa shape index (κ1) is 19.6. The molecule has 140 valence electrons. The zero-order valence-electron chi connectivity index (χ0n) is 14.2. The van der Waals surface area contributed by atoms with Gasteiger partial charge in [-0.2, -0.15) is 0 Å². The number of amides is 2. The van der Waals surface area contributed by atoms with E-state index in [9.17, 15) is 24.5 Å². The summed E-state index contributed by atoms with van der Waals surface area (Å²) in [7, 11) is 0. The third-order valence-corrected chi connectivity index (χ3v) is 3.42. The van der Waals surface area contributed by atoms with Crippen LogP contribution in [-0.4, -0.2) is 35.8 Å². The summed E-state index contributed by atoms with van der Waals surface area (Å²) in [6.45, 7) is -0.701. The molecule has 9 nitrogen and oxygen atoms in total. The van der Waals surface area contributed by atoms with Crippen LogP contribution in [0.25, 0.3) is 0 Å². The SMILES string of the molecule is O=C(CNC(=O)c1ccccc1)NCC(=O)OCc1ccc([N+](=O)[O-])cc1. The average molecular weight is 371 g/mol. The van der Waals surface area contributed by atoms with Gasteiger partial charge >= 0.3 is 5.97 Å². The van der Waals surface area contributed by atoms with Crippen LogP contribution in [0.2, 0.25) is 0 Å². The lowest BCUT2D eigenvalue weighted by Gasteiger charge is -2.08. The highest BCUT2D eigenvalue weighted by Crippen LogP contribution is 2.12. The van der Waals surface area contributed by atoms with Crippen LogP contribution in [0.3, 0.4) is 0 Å². The Kier molecular flexibility index (Phi) is 7.00. The minimum atomic E-state index is -0.670. The number of benzene rings is 2. The minimum Gasteiger partial charge on any atom is -0.460 e. The molecule has 0 atom stereocenters. The standard InChI is InChI=1S/C18H17N3O6/c22-16(10-20-18(24)14-4-2-1-3-5-14)19-11-17(23)27-12-13-6-8-15(9-7-13)21(25)26/h1-9H,10-12H2,(H,19,22)(H,20,24). The van der Waals surface area contributed by atoms with Crippen LogP contribution in [0.4, 0.5) is 5.69 Å². The van der Waals surface area contributed by atoms with Crippen LogP contribution in [0, 0.1) is 10.1 Å². The fraction of sp³-hybridized carbons (Fsp3) is 0.167. The molecular weight excluding hydrogens is 354 g/mol. The number of nitro benzene ring substituents is 1. The van der Waals surface area contributed by atoms with Crippen molar-refractivity contribution < 1.29 is 24.0 Å². The van der Waals surface area contributed by atoms with Gasteiger partial charge in [0, 0.05) is 17.7 Å². The Bertz CT molecular complexity index is 821. The maximum absolute atomic E-state index is 11.8. The first-order chi connectivity index (χ1) is 13.0. The molecule has 0 bridgehead atoms. The molecule has 2 aromatic carbocycles. The van der Waals surface area contributed by atoms with Crippen molar-refractivity contribution in [1.29, 1.82) is 0 Å². The van der Waals surface area contributed by atoms with Crippen LogP contribution in [0.1, 0.15) is 15.9 Å². The maximum atomic E-state index is 11.8. The lowest BCUT2D eigenvalue weighted by molar-refractivity contribution is -0.384. The predicted octanol–water partition coefficient (Wildman–Crippen LogP) is 1.18. The van der Waals surface area contributed by atoms with E-state index in [4.69, 9.17) is 4.74 Å². The molecule has 2 N–H and O–H groups in total. The van der Waals surface area contributed by atoms with E-state index in [1.165, 1.54) is 24.3 Å². The first-order valence-electron chi connectivity index (χ1n) is 7.94. The number of carbonyl (C=O) groups excluding carboxylic acids is 3. The number of hydrogen-bond donors (Lipinski definition) is 2. The highest BCUT2D eigenvalue weighted by Gasteiger charge is 2.10. The smallest absolute Gasteiger partial charge is 0.325 e. The molecule has 0 heterocycles. The van der Waals surface area contributed by atoms with Gasteiger partial charge in [0.1, 0.15) is 13.2 Å². The van der Waals surface area contributed by atoms with Gasteiger partial charge in [0.15, 0.2) is 0 Å². The van der Waals surface area contributed by atoms with Gasteiger partial charge in [-0.15, -0.1) is 0 Å². The minimum absolute atomic E-state index is 0.0603. The van der Waals surface area contributed by atoms with Crippen molar-refractivity contribution in [3.8, 4) is 0 Å². The van der Waals surface area contributed by atoms with Crippen molar-refractivity contribution in [3.05, 3.63) is 75.8 Å². The second-order valence-corrected chi connectivity index (χ2v) is 5.41. The molecular formula is C18H17N3O6. The van der Waals surface area contributed by atoms with Gasteiger partial charge in [0.2, 0.25) is 5.91 Å². The molecule has 0 fully saturated rings. The van der Waals surface area contributed by atoms with E-state index >= 15 is 0 Å². The molecule has 0 aromatic heterocycles. The Balaban J connectivity index is 1.66. The number of carbonyl (C=O) groups is 3. The summed E-state index contributed by atoms with van der Waals surface area (Å²) in [6.07, 6.45) is 0. The molecule has 2 rings (SSSR count). The van der Waals surface area contributed by atoms with Gasteiger partial charge in [-0.05, 0) is 29.8 Å². The third-order valence-electron chi connectivity index (χ3n) is 3.42.